The van der Waals surface area contributed by atoms with Gasteiger partial charge in [-0.3, -0.25) is 14.0 Å². The van der Waals surface area contributed by atoms with Gasteiger partial charge in [0.25, 0.3) is 11.8 Å². The molecule has 2 amide bonds. The van der Waals surface area contributed by atoms with Crippen molar-refractivity contribution in [3.8, 4) is 0 Å². The molecule has 0 radical (unpaired) electrons. The summed E-state index contributed by atoms with van der Waals surface area (Å²) in [6.07, 6.45) is 11.5. The fraction of sp³-hybridized carbons (Fsp3) is 0.522. The van der Waals surface area contributed by atoms with Crippen LogP contribution in [-0.2, 0) is 0 Å². The highest BCUT2D eigenvalue weighted by Crippen LogP contribution is 2.20. The Hall–Kier alpha value is -2.63. The molecule has 0 aromatic carbocycles. The minimum Gasteiger partial charge on any atom is -0.350 e. The Morgan fingerprint density at radius 2 is 1.97 bits per heavy atom. The minimum absolute atomic E-state index is 0.124. The summed E-state index contributed by atoms with van der Waals surface area (Å²) in [5, 5.41) is 2.99. The summed E-state index contributed by atoms with van der Waals surface area (Å²) in [5.41, 5.74) is 2.41. The zero-order valence-corrected chi connectivity index (χ0v) is 17.6. The molecule has 3 rings (SSSR count). The number of carbonyl (C=O) groups excluding carboxylic acids is 2. The lowest BCUT2D eigenvalue weighted by molar-refractivity contribution is 0.0742. The monoisotopic (exact) mass is 396 g/mol. The van der Waals surface area contributed by atoms with E-state index in [2.05, 4.69) is 30.2 Å². The van der Waals surface area contributed by atoms with Gasteiger partial charge in [0.15, 0.2) is 5.69 Å². The average molecular weight is 397 g/mol. The molecule has 0 bridgehead atoms. The number of rotatable bonds is 9. The molecule has 0 aliphatic heterocycles. The van der Waals surface area contributed by atoms with E-state index in [1.54, 1.807) is 10.6 Å². The van der Waals surface area contributed by atoms with Gasteiger partial charge in [-0.25, -0.2) is 4.98 Å². The number of fused-ring (bicyclic) bond motifs is 1. The van der Waals surface area contributed by atoms with Gasteiger partial charge in [0.1, 0.15) is 0 Å². The number of pyridine rings is 1. The van der Waals surface area contributed by atoms with Crippen molar-refractivity contribution in [3.05, 3.63) is 47.6 Å². The van der Waals surface area contributed by atoms with E-state index in [1.165, 1.54) is 18.4 Å². The largest absolute Gasteiger partial charge is 0.350 e. The van der Waals surface area contributed by atoms with Crippen LogP contribution < -0.4 is 5.32 Å². The van der Waals surface area contributed by atoms with Gasteiger partial charge in [-0.2, -0.15) is 0 Å². The quantitative estimate of drug-likeness (QED) is 0.646. The van der Waals surface area contributed by atoms with Crippen molar-refractivity contribution < 1.29 is 9.59 Å². The third-order valence-corrected chi connectivity index (χ3v) is 5.35. The second kappa shape index (κ2) is 10.2. The first kappa shape index (κ1) is 21.1. The maximum atomic E-state index is 13.1. The molecule has 2 aromatic rings. The van der Waals surface area contributed by atoms with Gasteiger partial charge in [-0.15, -0.1) is 0 Å². The number of hydrogen-bond donors (Lipinski definition) is 1. The van der Waals surface area contributed by atoms with Gasteiger partial charge in [-0.05, 0) is 57.1 Å². The van der Waals surface area contributed by atoms with Crippen LogP contribution in [0.3, 0.4) is 0 Å². The van der Waals surface area contributed by atoms with E-state index in [1.807, 2.05) is 23.1 Å². The van der Waals surface area contributed by atoms with Gasteiger partial charge >= 0.3 is 0 Å². The SMILES string of the molecule is CCCN(CCC)C(=O)c1nc(C(=O)NCCC2=CCCCC2)c2ccccn12. The van der Waals surface area contributed by atoms with Crippen LogP contribution in [0.5, 0.6) is 0 Å². The lowest BCUT2D eigenvalue weighted by Gasteiger charge is -2.20. The van der Waals surface area contributed by atoms with Crippen LogP contribution in [-0.4, -0.2) is 45.7 Å². The molecular weight excluding hydrogens is 364 g/mol. The Balaban J connectivity index is 1.78. The van der Waals surface area contributed by atoms with Crippen molar-refractivity contribution in [2.24, 2.45) is 0 Å². The van der Waals surface area contributed by atoms with Crippen LogP contribution in [0.25, 0.3) is 5.52 Å². The number of amides is 2. The molecule has 0 saturated heterocycles. The predicted molar refractivity (Wildman–Crippen MR) is 115 cm³/mol. The molecule has 0 spiro atoms. The lowest BCUT2D eigenvalue weighted by Crippen LogP contribution is -2.34. The van der Waals surface area contributed by atoms with Gasteiger partial charge in [0.05, 0.1) is 5.52 Å². The molecule has 6 nitrogen and oxygen atoms in total. The fourth-order valence-electron chi connectivity index (χ4n) is 3.90. The summed E-state index contributed by atoms with van der Waals surface area (Å²) in [5.74, 6) is -0.0364. The normalized spacial score (nSPS) is 13.9. The molecule has 0 saturated carbocycles. The number of hydrogen-bond acceptors (Lipinski definition) is 3. The molecule has 29 heavy (non-hydrogen) atoms. The number of nitrogens with one attached hydrogen (secondary N) is 1. The van der Waals surface area contributed by atoms with Crippen LogP contribution in [0.2, 0.25) is 0 Å². The van der Waals surface area contributed by atoms with Crippen molar-refractivity contribution >= 4 is 17.3 Å². The van der Waals surface area contributed by atoms with Crippen molar-refractivity contribution in [1.29, 1.82) is 0 Å². The maximum Gasteiger partial charge on any atom is 0.290 e. The van der Waals surface area contributed by atoms with E-state index < -0.39 is 0 Å². The number of imidazole rings is 1. The fourth-order valence-corrected chi connectivity index (χ4v) is 3.90. The highest BCUT2D eigenvalue weighted by atomic mass is 16.2. The smallest absolute Gasteiger partial charge is 0.290 e. The number of nitrogens with zero attached hydrogens (tertiary/aromatic N) is 3. The van der Waals surface area contributed by atoms with Crippen LogP contribution >= 0.6 is 0 Å². The second-order valence-electron chi connectivity index (χ2n) is 7.65. The standard InChI is InChI=1S/C23H32N4O2/c1-3-15-26(16-4-2)23(29)21-25-20(19-12-8-9-17-27(19)21)22(28)24-14-13-18-10-6-5-7-11-18/h8-10,12,17H,3-7,11,13-16H2,1-2H3,(H,24,28). The summed E-state index contributed by atoms with van der Waals surface area (Å²) in [6.45, 7) is 6.08. The Labute approximate surface area is 173 Å². The van der Waals surface area contributed by atoms with Gasteiger partial charge in [0.2, 0.25) is 5.82 Å². The van der Waals surface area contributed by atoms with Crippen LogP contribution in [0.1, 0.15) is 79.9 Å². The Morgan fingerprint density at radius 3 is 2.66 bits per heavy atom. The Bertz CT molecular complexity index is 878. The van der Waals surface area contributed by atoms with Gasteiger partial charge in [-0.1, -0.05) is 31.6 Å². The van der Waals surface area contributed by atoms with E-state index in [9.17, 15) is 9.59 Å². The predicted octanol–water partition coefficient (Wildman–Crippen LogP) is 4.22. The number of carbonyl (C=O) groups is 2. The molecule has 0 fully saturated rings. The zero-order chi connectivity index (χ0) is 20.6. The molecule has 1 aliphatic rings. The van der Waals surface area contributed by atoms with Crippen LogP contribution in [0.4, 0.5) is 0 Å². The molecule has 0 unspecified atom stereocenters. The first-order valence-corrected chi connectivity index (χ1v) is 10.9. The van der Waals surface area contributed by atoms with Crippen LogP contribution in [0.15, 0.2) is 36.0 Å². The van der Waals surface area contributed by atoms with Crippen molar-refractivity contribution in [2.45, 2.75) is 58.8 Å². The molecule has 0 atom stereocenters. The Morgan fingerprint density at radius 1 is 1.17 bits per heavy atom. The van der Waals surface area contributed by atoms with Gasteiger partial charge in [0, 0.05) is 25.8 Å². The summed E-state index contributed by atoms with van der Waals surface area (Å²) < 4.78 is 1.74. The van der Waals surface area contributed by atoms with E-state index in [-0.39, 0.29) is 11.8 Å². The Kier molecular flexibility index (Phi) is 7.44. The highest BCUT2D eigenvalue weighted by molar-refractivity contribution is 6.02. The second-order valence-corrected chi connectivity index (χ2v) is 7.65. The summed E-state index contributed by atoms with van der Waals surface area (Å²) in [7, 11) is 0. The molecular formula is C23H32N4O2. The average Bonchev–Trinajstić information content (AvgIpc) is 3.14. The summed E-state index contributed by atoms with van der Waals surface area (Å²) in [6, 6.07) is 5.56. The van der Waals surface area contributed by atoms with E-state index in [4.69, 9.17) is 0 Å². The zero-order valence-electron chi connectivity index (χ0n) is 17.6. The first-order chi connectivity index (χ1) is 14.2. The van der Waals surface area contributed by atoms with Crippen molar-refractivity contribution in [1.82, 2.24) is 19.6 Å². The van der Waals surface area contributed by atoms with Crippen molar-refractivity contribution in [2.75, 3.05) is 19.6 Å². The number of allylic oxidation sites excluding steroid dienone is 1. The molecule has 6 heteroatoms. The van der Waals surface area contributed by atoms with E-state index >= 15 is 0 Å². The molecule has 156 valence electrons. The topological polar surface area (TPSA) is 66.7 Å². The third kappa shape index (κ3) is 5.05. The highest BCUT2D eigenvalue weighted by Gasteiger charge is 2.24. The summed E-state index contributed by atoms with van der Waals surface area (Å²) >= 11 is 0. The molecule has 2 heterocycles. The van der Waals surface area contributed by atoms with Gasteiger partial charge < -0.3 is 10.2 Å². The molecule has 2 aromatic heterocycles. The molecule has 1 N–H and O–H groups in total. The van der Waals surface area contributed by atoms with Crippen LogP contribution in [0, 0.1) is 0 Å². The van der Waals surface area contributed by atoms with E-state index in [0.717, 1.165) is 32.1 Å². The first-order valence-electron chi connectivity index (χ1n) is 10.9. The lowest BCUT2D eigenvalue weighted by atomic mass is 9.97. The van der Waals surface area contributed by atoms with Crippen molar-refractivity contribution in [3.63, 3.8) is 0 Å². The van der Waals surface area contributed by atoms with E-state index in [0.29, 0.717) is 36.7 Å². The third-order valence-electron chi connectivity index (χ3n) is 5.35. The minimum atomic E-state index is -0.221. The summed E-state index contributed by atoms with van der Waals surface area (Å²) in [4.78, 5) is 32.2. The number of aromatic nitrogens is 2. The molecule has 1 aliphatic carbocycles. The maximum absolute atomic E-state index is 13.1.